The highest BCUT2D eigenvalue weighted by molar-refractivity contribution is 6.75. The van der Waals surface area contributed by atoms with Crippen molar-refractivity contribution in [1.82, 2.24) is 9.97 Å². The van der Waals surface area contributed by atoms with Crippen molar-refractivity contribution in [3.63, 3.8) is 0 Å². The summed E-state index contributed by atoms with van der Waals surface area (Å²) >= 11 is 0. The van der Waals surface area contributed by atoms with Crippen LogP contribution in [0.5, 0.6) is 17.2 Å². The fourth-order valence-corrected chi connectivity index (χ4v) is 5.20. The van der Waals surface area contributed by atoms with E-state index in [1.54, 1.807) is 6.20 Å². The first-order valence-corrected chi connectivity index (χ1v) is 13.6. The van der Waals surface area contributed by atoms with Gasteiger partial charge in [0.1, 0.15) is 17.2 Å². The molecule has 0 fully saturated rings. The number of hydrogen-bond donors (Lipinski definition) is 0. The fourth-order valence-electron chi connectivity index (χ4n) is 5.20. The highest BCUT2D eigenvalue weighted by atomic mass is 16.5. The highest BCUT2D eigenvalue weighted by Crippen LogP contribution is 2.42. The zero-order valence-corrected chi connectivity index (χ0v) is 23.6. The number of fused-ring (bicyclic) bond motifs is 1. The predicted octanol–water partition coefficient (Wildman–Crippen LogP) is 7.78. The Balaban J connectivity index is 1.46. The largest absolute Gasteiger partial charge is 0.535 e. The average molecular weight is 525 g/mol. The molecular weight excluding hydrogens is 493 g/mol. The number of nitrogens with zero attached hydrogens (tertiary/aromatic N) is 3. The van der Waals surface area contributed by atoms with E-state index in [2.05, 4.69) is 80.8 Å². The molecule has 5 aromatic rings. The van der Waals surface area contributed by atoms with Gasteiger partial charge in [0.25, 0.3) is 0 Å². The zero-order valence-electron chi connectivity index (χ0n) is 23.6. The van der Waals surface area contributed by atoms with Crippen LogP contribution < -0.4 is 19.7 Å². The third-order valence-electron chi connectivity index (χ3n) is 7.31. The Kier molecular flexibility index (Phi) is 6.55. The first-order valence-electron chi connectivity index (χ1n) is 13.6. The van der Waals surface area contributed by atoms with Crippen molar-refractivity contribution in [1.29, 1.82) is 0 Å². The standard InChI is InChI=1S/C34H32BN3O2/c1-23-11-8-12-24(2)32(23)35-38(33-31(40-35)16-10-18-37-33)27-20-26(34(3,4)5)21-29(22-27)39-28-14-9-13-25(19-28)30-15-6-7-17-36-30/h6-22H,1-5H3. The molecule has 1 aliphatic rings. The molecule has 0 amide bonds. The van der Waals surface area contributed by atoms with Crippen LogP contribution in [0.2, 0.25) is 0 Å². The fraction of sp³-hybridized carbons (Fsp3) is 0.176. The number of ether oxygens (including phenoxy) is 1. The lowest BCUT2D eigenvalue weighted by Gasteiger charge is -2.27. The molecule has 3 aromatic carbocycles. The molecule has 6 rings (SSSR count). The second-order valence-electron chi connectivity index (χ2n) is 11.3. The van der Waals surface area contributed by atoms with Crippen molar-refractivity contribution in [3.8, 4) is 28.5 Å². The summed E-state index contributed by atoms with van der Waals surface area (Å²) in [5.74, 6) is 3.07. The van der Waals surface area contributed by atoms with Gasteiger partial charge in [-0.3, -0.25) is 4.98 Å². The Morgan fingerprint density at radius 2 is 1.52 bits per heavy atom. The van der Waals surface area contributed by atoms with Crippen LogP contribution in [-0.2, 0) is 5.41 Å². The molecule has 198 valence electrons. The SMILES string of the molecule is Cc1cccc(C)c1B1Oc2cccnc2N1c1cc(Oc2cccc(-c3ccccn3)c2)cc(C(C)(C)C)c1. The number of anilines is 2. The van der Waals surface area contributed by atoms with Gasteiger partial charge in [-0.15, -0.1) is 0 Å². The Morgan fingerprint density at radius 1 is 0.750 bits per heavy atom. The van der Waals surface area contributed by atoms with Crippen LogP contribution in [-0.4, -0.2) is 17.0 Å². The quantitative estimate of drug-likeness (QED) is 0.219. The smallest absolute Gasteiger partial charge is 0.526 e. The van der Waals surface area contributed by atoms with E-state index in [9.17, 15) is 0 Å². The maximum absolute atomic E-state index is 6.59. The molecule has 0 aliphatic carbocycles. The molecule has 0 saturated heterocycles. The molecule has 0 atom stereocenters. The van der Waals surface area contributed by atoms with Gasteiger partial charge in [-0.2, -0.15) is 0 Å². The molecule has 0 bridgehead atoms. The Bertz CT molecular complexity index is 1660. The third kappa shape index (κ3) is 4.93. The van der Waals surface area contributed by atoms with E-state index in [1.807, 2.05) is 60.8 Å². The van der Waals surface area contributed by atoms with Crippen molar-refractivity contribution < 1.29 is 9.39 Å². The maximum Gasteiger partial charge on any atom is 0.526 e. The number of aromatic nitrogens is 2. The molecule has 2 aromatic heterocycles. The zero-order chi connectivity index (χ0) is 27.9. The lowest BCUT2D eigenvalue weighted by atomic mass is 9.67. The molecule has 0 unspecified atom stereocenters. The normalized spacial score (nSPS) is 12.7. The number of aryl methyl sites for hydroxylation is 2. The number of rotatable bonds is 5. The van der Waals surface area contributed by atoms with E-state index in [1.165, 1.54) is 11.1 Å². The van der Waals surface area contributed by atoms with Gasteiger partial charge in [-0.25, -0.2) is 4.98 Å². The molecule has 0 saturated carbocycles. The lowest BCUT2D eigenvalue weighted by molar-refractivity contribution is 0.479. The van der Waals surface area contributed by atoms with Crippen LogP contribution in [0.25, 0.3) is 11.3 Å². The monoisotopic (exact) mass is 525 g/mol. The maximum atomic E-state index is 6.59. The molecule has 0 N–H and O–H groups in total. The molecule has 0 radical (unpaired) electrons. The Morgan fingerprint density at radius 3 is 2.27 bits per heavy atom. The first kappa shape index (κ1) is 25.7. The number of benzene rings is 3. The molecule has 5 nitrogen and oxygen atoms in total. The van der Waals surface area contributed by atoms with Gasteiger partial charge in [0.2, 0.25) is 0 Å². The van der Waals surface area contributed by atoms with Crippen LogP contribution in [0.1, 0.15) is 37.5 Å². The topological polar surface area (TPSA) is 47.5 Å². The first-order chi connectivity index (χ1) is 19.3. The van der Waals surface area contributed by atoms with Crippen LogP contribution >= 0.6 is 0 Å². The molecule has 0 spiro atoms. The summed E-state index contributed by atoms with van der Waals surface area (Å²) in [6, 6.07) is 30.7. The van der Waals surface area contributed by atoms with Crippen LogP contribution in [0, 0.1) is 13.8 Å². The molecular formula is C34H32BN3O2. The predicted molar refractivity (Wildman–Crippen MR) is 163 cm³/mol. The molecule has 40 heavy (non-hydrogen) atoms. The van der Waals surface area contributed by atoms with Gasteiger partial charge in [0, 0.05) is 29.7 Å². The Labute approximate surface area is 236 Å². The van der Waals surface area contributed by atoms with Gasteiger partial charge in [-0.1, -0.05) is 68.3 Å². The van der Waals surface area contributed by atoms with Gasteiger partial charge in [0.05, 0.1) is 5.69 Å². The summed E-state index contributed by atoms with van der Waals surface area (Å²) in [6.45, 7) is 10.9. The molecule has 1 aliphatic heterocycles. The van der Waals surface area contributed by atoms with Crippen molar-refractivity contribution >= 4 is 24.0 Å². The number of hydrogen-bond acceptors (Lipinski definition) is 5. The van der Waals surface area contributed by atoms with Gasteiger partial charge in [-0.05, 0) is 78.8 Å². The van der Waals surface area contributed by atoms with Crippen LogP contribution in [0.3, 0.4) is 0 Å². The van der Waals surface area contributed by atoms with Gasteiger partial charge >= 0.3 is 7.05 Å². The van der Waals surface area contributed by atoms with E-state index in [0.29, 0.717) is 0 Å². The Hall–Kier alpha value is -4.58. The summed E-state index contributed by atoms with van der Waals surface area (Å²) in [5.41, 5.74) is 7.43. The van der Waals surface area contributed by atoms with Crippen molar-refractivity contribution in [3.05, 3.63) is 120 Å². The summed E-state index contributed by atoms with van der Waals surface area (Å²) in [6.07, 6.45) is 3.62. The van der Waals surface area contributed by atoms with E-state index < -0.39 is 0 Å². The molecule has 6 heteroatoms. The van der Waals surface area contributed by atoms with Crippen molar-refractivity contribution in [2.45, 2.75) is 40.0 Å². The number of pyridine rings is 2. The van der Waals surface area contributed by atoms with Crippen molar-refractivity contribution in [2.24, 2.45) is 0 Å². The molecule has 3 heterocycles. The van der Waals surface area contributed by atoms with Gasteiger partial charge in [0.15, 0.2) is 5.82 Å². The van der Waals surface area contributed by atoms with E-state index >= 15 is 0 Å². The van der Waals surface area contributed by atoms with E-state index in [0.717, 1.165) is 51.0 Å². The highest BCUT2D eigenvalue weighted by Gasteiger charge is 2.42. The van der Waals surface area contributed by atoms with Crippen LogP contribution in [0.15, 0.2) is 103 Å². The summed E-state index contributed by atoms with van der Waals surface area (Å²) in [5, 5.41) is 0. The third-order valence-corrected chi connectivity index (χ3v) is 7.31. The van der Waals surface area contributed by atoms with Crippen LogP contribution in [0.4, 0.5) is 11.5 Å². The summed E-state index contributed by atoms with van der Waals surface area (Å²) < 4.78 is 13.1. The minimum atomic E-state index is -0.346. The minimum Gasteiger partial charge on any atom is -0.535 e. The minimum absolute atomic E-state index is 0.106. The van der Waals surface area contributed by atoms with E-state index in [-0.39, 0.29) is 12.5 Å². The lowest BCUT2D eigenvalue weighted by Crippen LogP contribution is -2.49. The summed E-state index contributed by atoms with van der Waals surface area (Å²) in [7, 11) is -0.346. The van der Waals surface area contributed by atoms with Gasteiger partial charge < -0.3 is 14.2 Å². The second-order valence-corrected chi connectivity index (χ2v) is 11.3. The van der Waals surface area contributed by atoms with Crippen molar-refractivity contribution in [2.75, 3.05) is 4.81 Å². The average Bonchev–Trinajstić information content (AvgIpc) is 3.32. The second kappa shape index (κ2) is 10.2. The van der Waals surface area contributed by atoms with E-state index in [4.69, 9.17) is 14.4 Å². The summed E-state index contributed by atoms with van der Waals surface area (Å²) in [4.78, 5) is 11.4.